The first kappa shape index (κ1) is 19.8. The first-order valence-corrected chi connectivity index (χ1v) is 8.63. The number of ether oxygens (including phenoxy) is 2. The van der Waals surface area contributed by atoms with Crippen LogP contribution in [0.15, 0.2) is 12.1 Å². The van der Waals surface area contributed by atoms with Crippen molar-refractivity contribution in [3.05, 3.63) is 17.7 Å². The van der Waals surface area contributed by atoms with Crippen LogP contribution in [-0.4, -0.2) is 61.4 Å². The lowest BCUT2D eigenvalue weighted by atomic mass is 9.85. The van der Waals surface area contributed by atoms with Gasteiger partial charge in [-0.1, -0.05) is 6.92 Å². The predicted molar refractivity (Wildman–Crippen MR) is 98.1 cm³/mol. The number of likely N-dealkylation sites (N-methyl/N-ethyl adjacent to an activating group) is 1. The fraction of sp³-hybridized carbons (Fsp3) is 0.556. The molecule has 0 radical (unpaired) electrons. The Morgan fingerprint density at radius 1 is 1.23 bits per heavy atom. The Morgan fingerprint density at radius 3 is 2.27 bits per heavy atom. The topological polar surface area (TPSA) is 100 Å². The van der Waals surface area contributed by atoms with Gasteiger partial charge in [0.2, 0.25) is 0 Å². The Morgan fingerprint density at radius 2 is 1.81 bits per heavy atom. The van der Waals surface area contributed by atoms with E-state index in [2.05, 4.69) is 10.6 Å². The molecule has 3 N–H and O–H groups in total. The van der Waals surface area contributed by atoms with E-state index in [1.165, 1.54) is 0 Å². The van der Waals surface area contributed by atoms with Crippen molar-refractivity contribution >= 4 is 17.7 Å². The molecular weight excluding hydrogens is 338 g/mol. The smallest absolute Gasteiger partial charge is 0.319 e. The molecule has 26 heavy (non-hydrogen) atoms. The molecular formula is C18H27N3O5. The van der Waals surface area contributed by atoms with Gasteiger partial charge in [-0.3, -0.25) is 9.69 Å². The van der Waals surface area contributed by atoms with Crippen molar-refractivity contribution in [2.75, 3.05) is 32.6 Å². The number of methoxy groups -OCH3 is 2. The zero-order chi connectivity index (χ0) is 19.3. The molecule has 8 nitrogen and oxygen atoms in total. The number of nitrogens with zero attached hydrogens (tertiary/aromatic N) is 1. The summed E-state index contributed by atoms with van der Waals surface area (Å²) in [5, 5.41) is 14.6. The van der Waals surface area contributed by atoms with E-state index >= 15 is 0 Å². The third-order valence-electron chi connectivity index (χ3n) is 4.72. The summed E-state index contributed by atoms with van der Waals surface area (Å²) in [6.45, 7) is 4.53. The summed E-state index contributed by atoms with van der Waals surface area (Å²) in [5.41, 5.74) is 1.44. The number of urea groups is 1. The normalized spacial score (nSPS) is 18.8. The molecule has 0 atom stereocenters. The number of carboxylic acids is 1. The number of nitrogens with one attached hydrogen (secondary N) is 2. The standard InChI is InChI=1S/C18H27N3O5/c1-5-21(10-17(22)23)14-6-12(7-14)19-18(24)20-13-8-15(25-3)11(2)16(9-13)26-4/h8-9,12,14H,5-7,10H2,1-4H3,(H,22,23)(H2,19,20,24). The highest BCUT2D eigenvalue weighted by molar-refractivity contribution is 5.90. The fourth-order valence-electron chi connectivity index (χ4n) is 3.19. The van der Waals surface area contributed by atoms with Crippen LogP contribution in [0.3, 0.4) is 0 Å². The summed E-state index contributed by atoms with van der Waals surface area (Å²) in [5.74, 6) is 0.439. The van der Waals surface area contributed by atoms with Gasteiger partial charge in [0.05, 0.1) is 20.8 Å². The van der Waals surface area contributed by atoms with E-state index in [4.69, 9.17) is 14.6 Å². The van der Waals surface area contributed by atoms with Gasteiger partial charge in [-0.15, -0.1) is 0 Å². The van der Waals surface area contributed by atoms with Crippen LogP contribution < -0.4 is 20.1 Å². The van der Waals surface area contributed by atoms with E-state index in [1.807, 2.05) is 18.7 Å². The molecule has 1 aromatic rings. The van der Waals surface area contributed by atoms with Crippen LogP contribution in [0.1, 0.15) is 25.3 Å². The molecule has 0 saturated heterocycles. The highest BCUT2D eigenvalue weighted by Crippen LogP contribution is 2.32. The molecule has 0 aliphatic heterocycles. The molecule has 0 heterocycles. The average Bonchev–Trinajstić information content (AvgIpc) is 2.57. The number of hydrogen-bond acceptors (Lipinski definition) is 5. The largest absolute Gasteiger partial charge is 0.496 e. The molecule has 0 aromatic heterocycles. The summed E-state index contributed by atoms with van der Waals surface area (Å²) < 4.78 is 10.6. The fourth-order valence-corrected chi connectivity index (χ4v) is 3.19. The van der Waals surface area contributed by atoms with Crippen LogP contribution in [-0.2, 0) is 4.79 Å². The van der Waals surface area contributed by atoms with Gasteiger partial charge >= 0.3 is 12.0 Å². The van der Waals surface area contributed by atoms with Gasteiger partial charge in [-0.05, 0) is 26.3 Å². The number of hydrogen-bond donors (Lipinski definition) is 3. The number of rotatable bonds is 8. The van der Waals surface area contributed by atoms with Crippen LogP contribution in [0.5, 0.6) is 11.5 Å². The maximum absolute atomic E-state index is 12.2. The quantitative estimate of drug-likeness (QED) is 0.652. The maximum Gasteiger partial charge on any atom is 0.319 e. The van der Waals surface area contributed by atoms with Crippen molar-refractivity contribution in [1.29, 1.82) is 0 Å². The van der Waals surface area contributed by atoms with Crippen molar-refractivity contribution in [3.8, 4) is 11.5 Å². The minimum absolute atomic E-state index is 0.0308. The van der Waals surface area contributed by atoms with E-state index in [0.717, 1.165) is 18.4 Å². The number of anilines is 1. The minimum atomic E-state index is -0.830. The van der Waals surface area contributed by atoms with Crippen molar-refractivity contribution in [1.82, 2.24) is 10.2 Å². The summed E-state index contributed by atoms with van der Waals surface area (Å²) in [6, 6.07) is 3.42. The van der Waals surface area contributed by atoms with E-state index < -0.39 is 5.97 Å². The molecule has 2 rings (SSSR count). The van der Waals surface area contributed by atoms with Gasteiger partial charge in [0.1, 0.15) is 11.5 Å². The van der Waals surface area contributed by atoms with Gasteiger partial charge < -0.3 is 25.2 Å². The van der Waals surface area contributed by atoms with E-state index in [-0.39, 0.29) is 24.7 Å². The molecule has 144 valence electrons. The van der Waals surface area contributed by atoms with Gasteiger partial charge in [0.25, 0.3) is 0 Å². The van der Waals surface area contributed by atoms with E-state index in [1.54, 1.807) is 26.4 Å². The Hall–Kier alpha value is -2.48. The van der Waals surface area contributed by atoms with Crippen molar-refractivity contribution in [3.63, 3.8) is 0 Å². The first-order chi connectivity index (χ1) is 12.4. The zero-order valence-electron chi connectivity index (χ0n) is 15.7. The third-order valence-corrected chi connectivity index (χ3v) is 4.72. The second kappa shape index (κ2) is 8.75. The molecule has 1 aliphatic carbocycles. The highest BCUT2D eigenvalue weighted by atomic mass is 16.5. The molecule has 2 amide bonds. The Bertz CT molecular complexity index is 633. The maximum atomic E-state index is 12.2. The second-order valence-electron chi connectivity index (χ2n) is 6.38. The van der Waals surface area contributed by atoms with Crippen LogP contribution in [0.2, 0.25) is 0 Å². The third kappa shape index (κ3) is 4.78. The highest BCUT2D eigenvalue weighted by Gasteiger charge is 2.34. The number of amides is 2. The summed E-state index contributed by atoms with van der Waals surface area (Å²) >= 11 is 0. The summed E-state index contributed by atoms with van der Waals surface area (Å²) in [6.07, 6.45) is 1.49. The number of carbonyl (C=O) groups is 2. The zero-order valence-corrected chi connectivity index (χ0v) is 15.7. The molecule has 0 bridgehead atoms. The summed E-state index contributed by atoms with van der Waals surface area (Å²) in [4.78, 5) is 25.0. The van der Waals surface area contributed by atoms with Crippen molar-refractivity contribution < 1.29 is 24.2 Å². The lowest BCUT2D eigenvalue weighted by Crippen LogP contribution is -2.55. The number of carbonyl (C=O) groups excluding carboxylic acids is 1. The lowest BCUT2D eigenvalue weighted by molar-refractivity contribution is -0.139. The summed E-state index contributed by atoms with van der Waals surface area (Å²) in [7, 11) is 3.13. The van der Waals surface area contributed by atoms with Crippen molar-refractivity contribution in [2.45, 2.75) is 38.8 Å². The Kier molecular flexibility index (Phi) is 6.68. The molecule has 1 aliphatic rings. The monoisotopic (exact) mass is 365 g/mol. The molecule has 8 heteroatoms. The number of carboxylic acid groups (broad SMARTS) is 1. The molecule has 1 fully saturated rings. The lowest BCUT2D eigenvalue weighted by Gasteiger charge is -2.42. The van der Waals surface area contributed by atoms with E-state index in [0.29, 0.717) is 23.7 Å². The minimum Gasteiger partial charge on any atom is -0.496 e. The van der Waals surface area contributed by atoms with Crippen LogP contribution >= 0.6 is 0 Å². The molecule has 0 spiro atoms. The average molecular weight is 365 g/mol. The van der Waals surface area contributed by atoms with Crippen LogP contribution in [0.4, 0.5) is 10.5 Å². The Labute approximate surface area is 153 Å². The molecule has 1 aromatic carbocycles. The first-order valence-electron chi connectivity index (χ1n) is 8.63. The number of aliphatic carboxylic acids is 1. The van der Waals surface area contributed by atoms with Gasteiger partial charge in [-0.25, -0.2) is 4.79 Å². The number of benzene rings is 1. The van der Waals surface area contributed by atoms with Gasteiger partial charge in [0, 0.05) is 35.5 Å². The van der Waals surface area contributed by atoms with Crippen LogP contribution in [0.25, 0.3) is 0 Å². The second-order valence-corrected chi connectivity index (χ2v) is 6.38. The van der Waals surface area contributed by atoms with Gasteiger partial charge in [0.15, 0.2) is 0 Å². The Balaban J connectivity index is 1.88. The molecule has 1 saturated carbocycles. The molecule has 0 unspecified atom stereocenters. The van der Waals surface area contributed by atoms with Crippen LogP contribution in [0, 0.1) is 6.92 Å². The van der Waals surface area contributed by atoms with Crippen molar-refractivity contribution in [2.24, 2.45) is 0 Å². The van der Waals surface area contributed by atoms with E-state index in [9.17, 15) is 9.59 Å². The predicted octanol–water partition coefficient (Wildman–Crippen LogP) is 2.07. The van der Waals surface area contributed by atoms with Gasteiger partial charge in [-0.2, -0.15) is 0 Å². The SMILES string of the molecule is CCN(CC(=O)O)C1CC(NC(=O)Nc2cc(OC)c(C)c(OC)c2)C1.